The second kappa shape index (κ2) is 10.00. The monoisotopic (exact) mass is 403 g/mol. The van der Waals surface area contributed by atoms with Crippen molar-refractivity contribution in [1.82, 2.24) is 10.6 Å². The molecule has 1 fully saturated rings. The summed E-state index contributed by atoms with van der Waals surface area (Å²) >= 11 is 0. The van der Waals surface area contributed by atoms with Crippen LogP contribution in [0.3, 0.4) is 0 Å². The van der Waals surface area contributed by atoms with Gasteiger partial charge in [-0.15, -0.1) is 24.0 Å². The predicted octanol–water partition coefficient (Wildman–Crippen LogP) is 2.35. The number of guanidine groups is 1. The lowest BCUT2D eigenvalue weighted by atomic mass is 10.0. The van der Waals surface area contributed by atoms with Crippen molar-refractivity contribution in [3.05, 3.63) is 35.9 Å². The van der Waals surface area contributed by atoms with E-state index in [2.05, 4.69) is 22.5 Å². The largest absolute Gasteiger partial charge is 0.396 e. The van der Waals surface area contributed by atoms with Crippen LogP contribution in [0.15, 0.2) is 35.3 Å². The second-order valence-electron chi connectivity index (χ2n) is 5.33. The molecule has 0 amide bonds. The van der Waals surface area contributed by atoms with Gasteiger partial charge in [-0.3, -0.25) is 4.99 Å². The molecule has 3 N–H and O–H groups in total. The van der Waals surface area contributed by atoms with Crippen LogP contribution in [0.5, 0.6) is 0 Å². The second-order valence-corrected chi connectivity index (χ2v) is 5.33. The number of benzene rings is 1. The fourth-order valence-electron chi connectivity index (χ4n) is 2.10. The van der Waals surface area contributed by atoms with Crippen molar-refractivity contribution >= 4 is 29.9 Å². The summed E-state index contributed by atoms with van der Waals surface area (Å²) in [5.41, 5.74) is 1.14. The van der Waals surface area contributed by atoms with Crippen LogP contribution in [-0.2, 0) is 0 Å². The first-order chi connectivity index (χ1) is 9.83. The molecule has 1 aromatic carbocycles. The Kier molecular flexibility index (Phi) is 8.68. The third kappa shape index (κ3) is 6.65. The van der Waals surface area contributed by atoms with Crippen LogP contribution < -0.4 is 10.6 Å². The summed E-state index contributed by atoms with van der Waals surface area (Å²) in [5, 5.41) is 16.2. The minimum Gasteiger partial charge on any atom is -0.396 e. The minimum absolute atomic E-state index is 0. The van der Waals surface area contributed by atoms with Crippen LogP contribution >= 0.6 is 24.0 Å². The molecule has 1 atom stereocenters. The number of aliphatic hydroxyl groups is 1. The molecule has 0 radical (unpaired) electrons. The molecule has 1 aliphatic rings. The first-order valence-electron chi connectivity index (χ1n) is 7.51. The van der Waals surface area contributed by atoms with Crippen LogP contribution in [0.1, 0.15) is 31.2 Å². The quantitative estimate of drug-likeness (QED) is 0.372. The van der Waals surface area contributed by atoms with E-state index < -0.39 is 0 Å². The van der Waals surface area contributed by atoms with E-state index in [0.29, 0.717) is 6.54 Å². The average Bonchev–Trinajstić information content (AvgIpc) is 3.30. The zero-order valence-corrected chi connectivity index (χ0v) is 14.9. The molecule has 0 aliphatic heterocycles. The number of aliphatic imine (C=N–C) groups is 1. The highest BCUT2D eigenvalue weighted by Crippen LogP contribution is 2.27. The van der Waals surface area contributed by atoms with Gasteiger partial charge in [0.2, 0.25) is 0 Å². The number of hydrogen-bond acceptors (Lipinski definition) is 2. The molecule has 1 unspecified atom stereocenters. The Morgan fingerprint density at radius 2 is 2.00 bits per heavy atom. The van der Waals surface area contributed by atoms with Gasteiger partial charge in [0.1, 0.15) is 0 Å². The standard InChI is InChI=1S/C16H25N3O.HI/c1-2-17-16(18-10-13-8-9-13)19-11-15(12-20)14-6-4-3-5-7-14;/h3-7,13,15,20H,2,8-12H2,1H3,(H2,17,18,19);1H. The normalized spacial score (nSPS) is 16.0. The SMILES string of the molecule is CCNC(=NCC(CO)c1ccccc1)NCC1CC1.I. The lowest BCUT2D eigenvalue weighted by Crippen LogP contribution is -2.38. The Morgan fingerprint density at radius 3 is 2.57 bits per heavy atom. The number of aliphatic hydroxyl groups excluding tert-OH is 1. The van der Waals surface area contributed by atoms with Crippen molar-refractivity contribution in [2.24, 2.45) is 10.9 Å². The first-order valence-corrected chi connectivity index (χ1v) is 7.51. The smallest absolute Gasteiger partial charge is 0.191 e. The van der Waals surface area contributed by atoms with Gasteiger partial charge in [-0.05, 0) is 31.2 Å². The third-order valence-electron chi connectivity index (χ3n) is 3.56. The van der Waals surface area contributed by atoms with Gasteiger partial charge in [-0.1, -0.05) is 30.3 Å². The molecule has 0 heterocycles. The van der Waals surface area contributed by atoms with Crippen molar-refractivity contribution < 1.29 is 5.11 Å². The molecule has 1 aliphatic carbocycles. The highest BCUT2D eigenvalue weighted by atomic mass is 127. The van der Waals surface area contributed by atoms with E-state index >= 15 is 0 Å². The highest BCUT2D eigenvalue weighted by molar-refractivity contribution is 14.0. The minimum atomic E-state index is 0. The molecule has 0 spiro atoms. The molecule has 1 aromatic rings. The van der Waals surface area contributed by atoms with Crippen LogP contribution in [0.25, 0.3) is 0 Å². The molecule has 5 heteroatoms. The Hall–Kier alpha value is -0.820. The predicted molar refractivity (Wildman–Crippen MR) is 98.4 cm³/mol. The number of hydrogen-bond donors (Lipinski definition) is 3. The van der Waals surface area contributed by atoms with Crippen LogP contribution in [0, 0.1) is 5.92 Å². The molecule has 4 nitrogen and oxygen atoms in total. The van der Waals surface area contributed by atoms with Crippen LogP contribution in [0.4, 0.5) is 0 Å². The summed E-state index contributed by atoms with van der Waals surface area (Å²) in [6.07, 6.45) is 2.66. The molecular weight excluding hydrogens is 377 g/mol. The fourth-order valence-corrected chi connectivity index (χ4v) is 2.10. The van der Waals surface area contributed by atoms with E-state index in [0.717, 1.165) is 30.5 Å². The zero-order valence-electron chi connectivity index (χ0n) is 12.6. The summed E-state index contributed by atoms with van der Waals surface area (Å²) < 4.78 is 0. The zero-order chi connectivity index (χ0) is 14.2. The third-order valence-corrected chi connectivity index (χ3v) is 3.56. The van der Waals surface area contributed by atoms with Gasteiger partial charge in [-0.2, -0.15) is 0 Å². The van der Waals surface area contributed by atoms with Crippen molar-refractivity contribution in [2.75, 3.05) is 26.2 Å². The van der Waals surface area contributed by atoms with E-state index in [-0.39, 0.29) is 36.5 Å². The van der Waals surface area contributed by atoms with Crippen molar-refractivity contribution in [3.8, 4) is 0 Å². The van der Waals surface area contributed by atoms with E-state index in [1.807, 2.05) is 30.3 Å². The number of halogens is 1. The van der Waals surface area contributed by atoms with E-state index in [1.54, 1.807) is 0 Å². The maximum Gasteiger partial charge on any atom is 0.191 e. The molecular formula is C16H26IN3O. The maximum atomic E-state index is 9.54. The first kappa shape index (κ1) is 18.2. The van der Waals surface area contributed by atoms with Gasteiger partial charge in [0.25, 0.3) is 0 Å². The summed E-state index contributed by atoms with van der Waals surface area (Å²) in [4.78, 5) is 4.60. The Morgan fingerprint density at radius 1 is 1.29 bits per heavy atom. The molecule has 0 bridgehead atoms. The summed E-state index contributed by atoms with van der Waals surface area (Å²) in [7, 11) is 0. The van der Waals surface area contributed by atoms with Crippen molar-refractivity contribution in [1.29, 1.82) is 0 Å². The van der Waals surface area contributed by atoms with Gasteiger partial charge in [0, 0.05) is 19.0 Å². The molecule has 21 heavy (non-hydrogen) atoms. The molecule has 0 saturated heterocycles. The lowest BCUT2D eigenvalue weighted by Gasteiger charge is -2.15. The van der Waals surface area contributed by atoms with Crippen molar-refractivity contribution in [2.45, 2.75) is 25.7 Å². The van der Waals surface area contributed by atoms with Gasteiger partial charge >= 0.3 is 0 Å². The molecule has 1 saturated carbocycles. The Bertz CT molecular complexity index is 421. The van der Waals surface area contributed by atoms with Crippen LogP contribution in [0.2, 0.25) is 0 Å². The molecule has 118 valence electrons. The summed E-state index contributed by atoms with van der Waals surface area (Å²) in [5.74, 6) is 1.74. The van der Waals surface area contributed by atoms with E-state index in [1.165, 1.54) is 12.8 Å². The number of rotatable bonds is 7. The average molecular weight is 403 g/mol. The fraction of sp³-hybridized carbons (Fsp3) is 0.562. The summed E-state index contributed by atoms with van der Waals surface area (Å²) in [6.45, 7) is 4.64. The highest BCUT2D eigenvalue weighted by Gasteiger charge is 2.21. The number of nitrogens with zero attached hydrogens (tertiary/aromatic N) is 1. The van der Waals surface area contributed by atoms with Gasteiger partial charge in [0.15, 0.2) is 5.96 Å². The maximum absolute atomic E-state index is 9.54. The Balaban J connectivity index is 0.00000220. The molecule has 0 aromatic heterocycles. The topological polar surface area (TPSA) is 56.7 Å². The van der Waals surface area contributed by atoms with E-state index in [9.17, 15) is 5.11 Å². The van der Waals surface area contributed by atoms with Gasteiger partial charge < -0.3 is 15.7 Å². The van der Waals surface area contributed by atoms with Gasteiger partial charge in [-0.25, -0.2) is 0 Å². The van der Waals surface area contributed by atoms with Crippen molar-refractivity contribution in [3.63, 3.8) is 0 Å². The lowest BCUT2D eigenvalue weighted by molar-refractivity contribution is 0.268. The van der Waals surface area contributed by atoms with Crippen LogP contribution in [-0.4, -0.2) is 37.3 Å². The van der Waals surface area contributed by atoms with Gasteiger partial charge in [0.05, 0.1) is 13.2 Å². The summed E-state index contributed by atoms with van der Waals surface area (Å²) in [6, 6.07) is 10.1. The Labute approximate surface area is 144 Å². The number of nitrogens with one attached hydrogen (secondary N) is 2. The molecule has 2 rings (SSSR count). The van der Waals surface area contributed by atoms with E-state index in [4.69, 9.17) is 0 Å².